The van der Waals surface area contributed by atoms with E-state index in [2.05, 4.69) is 26.9 Å². The van der Waals surface area contributed by atoms with Gasteiger partial charge in [0.05, 0.1) is 11.8 Å². The predicted molar refractivity (Wildman–Crippen MR) is 60.8 cm³/mol. The Labute approximate surface area is 94.9 Å². The Morgan fingerprint density at radius 2 is 2.56 bits per heavy atom. The summed E-state index contributed by atoms with van der Waals surface area (Å²) in [5, 5.41) is 23.1. The molecule has 0 aromatic carbocycles. The van der Waals surface area contributed by atoms with Gasteiger partial charge >= 0.3 is 0 Å². The van der Waals surface area contributed by atoms with Crippen LogP contribution in [0.1, 0.15) is 18.4 Å². The Bertz CT molecular complexity index is 378. The molecule has 2 rings (SSSR count). The van der Waals surface area contributed by atoms with Gasteiger partial charge in [-0.2, -0.15) is 10.4 Å². The third kappa shape index (κ3) is 2.67. The van der Waals surface area contributed by atoms with E-state index in [1.807, 2.05) is 0 Å². The van der Waals surface area contributed by atoms with E-state index < -0.39 is 0 Å². The topological polar surface area (TPSA) is 73.6 Å². The molecule has 0 spiro atoms. The fraction of sp³-hybridized carbons (Fsp3) is 0.545. The smallest absolute Gasteiger partial charge is 0.166 e. The molecule has 5 heteroatoms. The lowest BCUT2D eigenvalue weighted by molar-refractivity contribution is 0.392. The molecule has 1 aromatic rings. The molecule has 1 fully saturated rings. The average Bonchev–Trinajstić information content (AvgIpc) is 2.38. The van der Waals surface area contributed by atoms with Gasteiger partial charge in [-0.25, -0.2) is 0 Å². The first-order valence-corrected chi connectivity index (χ1v) is 5.56. The van der Waals surface area contributed by atoms with Crippen molar-refractivity contribution in [3.8, 4) is 6.07 Å². The summed E-state index contributed by atoms with van der Waals surface area (Å²) in [5.41, 5.74) is 0.554. The second-order valence-electron chi connectivity index (χ2n) is 4.00. The minimum absolute atomic E-state index is 0.554. The number of anilines is 1. The lowest BCUT2D eigenvalue weighted by Crippen LogP contribution is -2.33. The van der Waals surface area contributed by atoms with Crippen molar-refractivity contribution in [2.45, 2.75) is 12.8 Å². The third-order valence-electron chi connectivity index (χ3n) is 2.80. The van der Waals surface area contributed by atoms with Crippen molar-refractivity contribution < 1.29 is 0 Å². The van der Waals surface area contributed by atoms with Gasteiger partial charge in [0.15, 0.2) is 5.82 Å². The molecule has 1 unspecified atom stereocenters. The monoisotopic (exact) mass is 217 g/mol. The maximum absolute atomic E-state index is 8.89. The van der Waals surface area contributed by atoms with E-state index >= 15 is 0 Å². The largest absolute Gasteiger partial charge is 0.367 e. The molecule has 0 amide bonds. The molecule has 84 valence electrons. The summed E-state index contributed by atoms with van der Waals surface area (Å²) in [7, 11) is 0. The van der Waals surface area contributed by atoms with Crippen LogP contribution in [0.15, 0.2) is 12.3 Å². The number of rotatable bonds is 3. The molecule has 2 heterocycles. The quantitative estimate of drug-likeness (QED) is 0.782. The Morgan fingerprint density at radius 1 is 1.62 bits per heavy atom. The Hall–Kier alpha value is -1.67. The van der Waals surface area contributed by atoms with Gasteiger partial charge in [-0.05, 0) is 37.9 Å². The normalized spacial score (nSPS) is 20.1. The summed E-state index contributed by atoms with van der Waals surface area (Å²) in [5.74, 6) is 1.21. The van der Waals surface area contributed by atoms with E-state index in [1.54, 1.807) is 6.07 Å². The summed E-state index contributed by atoms with van der Waals surface area (Å²) < 4.78 is 0. The third-order valence-corrected chi connectivity index (χ3v) is 2.80. The molecule has 16 heavy (non-hydrogen) atoms. The van der Waals surface area contributed by atoms with Crippen LogP contribution >= 0.6 is 0 Å². The van der Waals surface area contributed by atoms with Crippen LogP contribution in [0.2, 0.25) is 0 Å². The summed E-state index contributed by atoms with van der Waals surface area (Å²) in [6.45, 7) is 3.00. The maximum Gasteiger partial charge on any atom is 0.166 e. The standard InChI is InChI=1S/C11H15N5/c12-6-10-3-5-15-16-11(10)14-8-9-2-1-4-13-7-9/h3,5,9,13H,1-2,4,7-8H2,(H,14,16). The van der Waals surface area contributed by atoms with Gasteiger partial charge in [0.2, 0.25) is 0 Å². The second kappa shape index (κ2) is 5.42. The lowest BCUT2D eigenvalue weighted by atomic mass is 10.00. The SMILES string of the molecule is N#Cc1ccnnc1NCC1CCCNC1. The molecule has 1 saturated heterocycles. The molecule has 0 aliphatic carbocycles. The Kier molecular flexibility index (Phi) is 3.67. The van der Waals surface area contributed by atoms with Crippen molar-refractivity contribution >= 4 is 5.82 Å². The van der Waals surface area contributed by atoms with Gasteiger partial charge in [0.25, 0.3) is 0 Å². The molecule has 2 N–H and O–H groups in total. The fourth-order valence-corrected chi connectivity index (χ4v) is 1.89. The van der Waals surface area contributed by atoms with Crippen molar-refractivity contribution in [3.05, 3.63) is 17.8 Å². The van der Waals surface area contributed by atoms with Crippen molar-refractivity contribution in [1.29, 1.82) is 5.26 Å². The van der Waals surface area contributed by atoms with Crippen LogP contribution in [-0.4, -0.2) is 29.8 Å². The minimum Gasteiger partial charge on any atom is -0.367 e. The van der Waals surface area contributed by atoms with E-state index in [0.717, 1.165) is 19.6 Å². The molecule has 0 saturated carbocycles. The minimum atomic E-state index is 0.554. The summed E-state index contributed by atoms with van der Waals surface area (Å²) >= 11 is 0. The van der Waals surface area contributed by atoms with E-state index in [4.69, 9.17) is 5.26 Å². The highest BCUT2D eigenvalue weighted by atomic mass is 15.2. The fourth-order valence-electron chi connectivity index (χ4n) is 1.89. The van der Waals surface area contributed by atoms with Crippen molar-refractivity contribution in [1.82, 2.24) is 15.5 Å². The highest BCUT2D eigenvalue weighted by molar-refractivity contribution is 5.50. The van der Waals surface area contributed by atoms with E-state index in [9.17, 15) is 0 Å². The molecule has 1 aromatic heterocycles. The van der Waals surface area contributed by atoms with Gasteiger partial charge in [0, 0.05) is 6.54 Å². The van der Waals surface area contributed by atoms with Gasteiger partial charge < -0.3 is 10.6 Å². The highest BCUT2D eigenvalue weighted by Gasteiger charge is 2.13. The molecular formula is C11H15N5. The number of hydrogen-bond acceptors (Lipinski definition) is 5. The molecule has 0 bridgehead atoms. The molecule has 1 atom stereocenters. The highest BCUT2D eigenvalue weighted by Crippen LogP contribution is 2.13. The van der Waals surface area contributed by atoms with Crippen molar-refractivity contribution in [2.75, 3.05) is 25.0 Å². The average molecular weight is 217 g/mol. The lowest BCUT2D eigenvalue weighted by Gasteiger charge is -2.23. The number of piperidine rings is 1. The van der Waals surface area contributed by atoms with Crippen LogP contribution in [-0.2, 0) is 0 Å². The molecule has 1 aliphatic rings. The number of nitrogens with zero attached hydrogens (tertiary/aromatic N) is 3. The molecule has 1 aliphatic heterocycles. The van der Waals surface area contributed by atoms with Gasteiger partial charge in [-0.15, -0.1) is 5.10 Å². The predicted octanol–water partition coefficient (Wildman–Crippen LogP) is 0.760. The van der Waals surface area contributed by atoms with E-state index in [-0.39, 0.29) is 0 Å². The summed E-state index contributed by atoms with van der Waals surface area (Å²) in [6, 6.07) is 3.78. The number of hydrogen-bond donors (Lipinski definition) is 2. The van der Waals surface area contributed by atoms with Crippen LogP contribution in [0, 0.1) is 17.2 Å². The van der Waals surface area contributed by atoms with Crippen LogP contribution in [0.5, 0.6) is 0 Å². The Balaban J connectivity index is 1.91. The van der Waals surface area contributed by atoms with Crippen molar-refractivity contribution in [2.24, 2.45) is 5.92 Å². The van der Waals surface area contributed by atoms with Crippen LogP contribution in [0.25, 0.3) is 0 Å². The number of nitrogens with one attached hydrogen (secondary N) is 2. The summed E-state index contributed by atoms with van der Waals surface area (Å²) in [6.07, 6.45) is 3.98. The molecular weight excluding hydrogens is 202 g/mol. The number of aromatic nitrogens is 2. The zero-order valence-corrected chi connectivity index (χ0v) is 9.11. The van der Waals surface area contributed by atoms with Crippen LogP contribution in [0.3, 0.4) is 0 Å². The zero-order chi connectivity index (χ0) is 11.2. The molecule has 5 nitrogen and oxygen atoms in total. The first kappa shape index (κ1) is 10.8. The van der Waals surface area contributed by atoms with E-state index in [0.29, 0.717) is 17.3 Å². The number of nitriles is 1. The Morgan fingerprint density at radius 3 is 3.31 bits per heavy atom. The van der Waals surface area contributed by atoms with Gasteiger partial charge in [-0.3, -0.25) is 0 Å². The summed E-state index contributed by atoms with van der Waals surface area (Å²) in [4.78, 5) is 0. The second-order valence-corrected chi connectivity index (χ2v) is 4.00. The van der Waals surface area contributed by atoms with Gasteiger partial charge in [-0.1, -0.05) is 0 Å². The van der Waals surface area contributed by atoms with Crippen molar-refractivity contribution in [3.63, 3.8) is 0 Å². The first-order valence-electron chi connectivity index (χ1n) is 5.56. The van der Waals surface area contributed by atoms with Gasteiger partial charge in [0.1, 0.15) is 6.07 Å². The maximum atomic E-state index is 8.89. The zero-order valence-electron chi connectivity index (χ0n) is 9.11. The van der Waals surface area contributed by atoms with E-state index in [1.165, 1.54) is 19.0 Å². The molecule has 0 radical (unpaired) electrons. The van der Waals surface area contributed by atoms with Crippen LogP contribution < -0.4 is 10.6 Å². The van der Waals surface area contributed by atoms with Crippen LogP contribution in [0.4, 0.5) is 5.82 Å². The first-order chi connectivity index (χ1) is 7.90.